The van der Waals surface area contributed by atoms with Gasteiger partial charge in [-0.1, -0.05) is 31.5 Å². The lowest BCUT2D eigenvalue weighted by molar-refractivity contribution is 0.0591. The van der Waals surface area contributed by atoms with Gasteiger partial charge in [-0.05, 0) is 37.5 Å². The van der Waals surface area contributed by atoms with E-state index in [0.29, 0.717) is 12.0 Å². The predicted octanol–water partition coefficient (Wildman–Crippen LogP) is 4.20. The molecule has 2 nitrogen and oxygen atoms in total. The van der Waals surface area contributed by atoms with Crippen molar-refractivity contribution >= 4 is 17.3 Å². The van der Waals surface area contributed by atoms with Gasteiger partial charge in [0.05, 0.1) is 12.7 Å². The van der Waals surface area contributed by atoms with Crippen molar-refractivity contribution in [1.29, 1.82) is 0 Å². The van der Waals surface area contributed by atoms with E-state index in [4.69, 9.17) is 16.3 Å². The van der Waals surface area contributed by atoms with Crippen molar-refractivity contribution in [1.82, 2.24) is 0 Å². The molecule has 0 heterocycles. The van der Waals surface area contributed by atoms with Gasteiger partial charge in [-0.15, -0.1) is 0 Å². The highest BCUT2D eigenvalue weighted by molar-refractivity contribution is 6.30. The Balaban J connectivity index is 2.16. The topological polar surface area (TPSA) is 21.3 Å². The molecule has 0 saturated heterocycles. The lowest BCUT2D eigenvalue weighted by Crippen LogP contribution is -2.17. The zero-order valence-electron chi connectivity index (χ0n) is 10.9. The molecule has 1 aromatic carbocycles. The molecule has 0 amide bonds. The van der Waals surface area contributed by atoms with Gasteiger partial charge in [-0.2, -0.15) is 0 Å². The summed E-state index contributed by atoms with van der Waals surface area (Å²) in [5, 5.41) is 4.04. The van der Waals surface area contributed by atoms with Crippen LogP contribution in [-0.2, 0) is 4.74 Å². The average molecular weight is 256 g/mol. The summed E-state index contributed by atoms with van der Waals surface area (Å²) in [6.45, 7) is 8.08. The zero-order chi connectivity index (χ0) is 12.7. The Morgan fingerprint density at radius 2 is 2.06 bits per heavy atom. The van der Waals surface area contributed by atoms with Crippen LogP contribution < -0.4 is 5.32 Å². The van der Waals surface area contributed by atoms with E-state index in [-0.39, 0.29) is 0 Å². The van der Waals surface area contributed by atoms with Crippen molar-refractivity contribution in [2.24, 2.45) is 5.92 Å². The first-order chi connectivity index (χ1) is 8.08. The molecule has 1 rings (SSSR count). The second kappa shape index (κ2) is 7.57. The molecule has 0 bridgehead atoms. The van der Waals surface area contributed by atoms with Crippen LogP contribution in [0.5, 0.6) is 0 Å². The molecule has 1 atom stereocenters. The van der Waals surface area contributed by atoms with E-state index in [0.717, 1.165) is 30.3 Å². The number of hydrogen-bond donors (Lipinski definition) is 1. The molecule has 1 unspecified atom stereocenters. The van der Waals surface area contributed by atoms with E-state index in [9.17, 15) is 0 Å². The lowest BCUT2D eigenvalue weighted by Gasteiger charge is -2.15. The summed E-state index contributed by atoms with van der Waals surface area (Å²) in [6.07, 6.45) is 1.44. The Bertz CT molecular complexity index is 328. The normalized spacial score (nSPS) is 12.8. The van der Waals surface area contributed by atoms with Crippen molar-refractivity contribution in [3.05, 3.63) is 29.3 Å². The van der Waals surface area contributed by atoms with Gasteiger partial charge in [0.15, 0.2) is 0 Å². The highest BCUT2D eigenvalue weighted by atomic mass is 35.5. The van der Waals surface area contributed by atoms with Crippen LogP contribution in [0.15, 0.2) is 24.3 Å². The van der Waals surface area contributed by atoms with Gasteiger partial charge >= 0.3 is 0 Å². The largest absolute Gasteiger partial charge is 0.383 e. The monoisotopic (exact) mass is 255 g/mol. The molecule has 0 radical (unpaired) electrons. The van der Waals surface area contributed by atoms with Gasteiger partial charge < -0.3 is 10.1 Å². The second-order valence-corrected chi connectivity index (χ2v) is 5.18. The maximum Gasteiger partial charge on any atom is 0.0642 e. The summed E-state index contributed by atoms with van der Waals surface area (Å²) < 4.78 is 5.71. The van der Waals surface area contributed by atoms with Gasteiger partial charge in [-0.25, -0.2) is 0 Å². The Hall–Kier alpha value is -0.730. The van der Waals surface area contributed by atoms with E-state index in [2.05, 4.69) is 26.1 Å². The van der Waals surface area contributed by atoms with Gasteiger partial charge in [0.1, 0.15) is 0 Å². The second-order valence-electron chi connectivity index (χ2n) is 4.75. The Labute approximate surface area is 109 Å². The maximum atomic E-state index is 5.89. The fourth-order valence-electron chi connectivity index (χ4n) is 1.79. The summed E-state index contributed by atoms with van der Waals surface area (Å²) >= 11 is 5.89. The average Bonchev–Trinajstić information content (AvgIpc) is 2.23. The molecular formula is C14H22ClNO. The molecule has 0 spiro atoms. The number of rotatable bonds is 7. The molecule has 0 fully saturated rings. The first kappa shape index (κ1) is 14.3. The fourth-order valence-corrected chi connectivity index (χ4v) is 1.98. The number of hydrogen-bond acceptors (Lipinski definition) is 2. The molecule has 0 saturated carbocycles. The zero-order valence-corrected chi connectivity index (χ0v) is 11.6. The van der Waals surface area contributed by atoms with Crippen LogP contribution in [-0.4, -0.2) is 19.3 Å². The van der Waals surface area contributed by atoms with Gasteiger partial charge in [0.2, 0.25) is 0 Å². The van der Waals surface area contributed by atoms with Gasteiger partial charge in [0.25, 0.3) is 0 Å². The SMILES string of the molecule is CC(C)CC(C)OCCNc1cccc(Cl)c1. The van der Waals surface area contributed by atoms with Crippen molar-refractivity contribution < 1.29 is 4.74 Å². The van der Waals surface area contributed by atoms with Crippen LogP contribution in [0.3, 0.4) is 0 Å². The van der Waals surface area contributed by atoms with E-state index in [1.54, 1.807) is 0 Å². The quantitative estimate of drug-likeness (QED) is 0.738. The molecule has 0 aliphatic rings. The summed E-state index contributed by atoms with van der Waals surface area (Å²) in [7, 11) is 0. The summed E-state index contributed by atoms with van der Waals surface area (Å²) in [5.41, 5.74) is 1.04. The van der Waals surface area contributed by atoms with Crippen molar-refractivity contribution in [3.63, 3.8) is 0 Å². The third-order valence-electron chi connectivity index (χ3n) is 2.46. The number of benzene rings is 1. The molecular weight excluding hydrogens is 234 g/mol. The summed E-state index contributed by atoms with van der Waals surface area (Å²) in [5.74, 6) is 0.686. The fraction of sp³-hybridized carbons (Fsp3) is 0.571. The molecule has 3 heteroatoms. The third kappa shape index (κ3) is 6.54. The molecule has 1 aromatic rings. The number of ether oxygens (including phenoxy) is 1. The first-order valence-electron chi connectivity index (χ1n) is 6.19. The standard InChI is InChI=1S/C14H22ClNO/c1-11(2)9-12(3)17-8-7-16-14-6-4-5-13(15)10-14/h4-6,10-12,16H,7-9H2,1-3H3. The molecule has 0 aromatic heterocycles. The summed E-state index contributed by atoms with van der Waals surface area (Å²) in [6, 6.07) is 7.73. The van der Waals surface area contributed by atoms with E-state index in [1.807, 2.05) is 24.3 Å². The number of nitrogens with one attached hydrogen (secondary N) is 1. The Morgan fingerprint density at radius 3 is 2.71 bits per heavy atom. The first-order valence-corrected chi connectivity index (χ1v) is 6.56. The van der Waals surface area contributed by atoms with E-state index in [1.165, 1.54) is 0 Å². The van der Waals surface area contributed by atoms with Crippen molar-refractivity contribution in [2.75, 3.05) is 18.5 Å². The van der Waals surface area contributed by atoms with Gasteiger partial charge in [0, 0.05) is 17.3 Å². The molecule has 0 aliphatic carbocycles. The molecule has 17 heavy (non-hydrogen) atoms. The third-order valence-corrected chi connectivity index (χ3v) is 2.70. The highest BCUT2D eigenvalue weighted by Crippen LogP contribution is 2.14. The smallest absolute Gasteiger partial charge is 0.0642 e. The Kier molecular flexibility index (Phi) is 6.38. The van der Waals surface area contributed by atoms with Gasteiger partial charge in [-0.3, -0.25) is 0 Å². The lowest BCUT2D eigenvalue weighted by atomic mass is 10.1. The molecule has 96 valence electrons. The van der Waals surface area contributed by atoms with Crippen LogP contribution >= 0.6 is 11.6 Å². The molecule has 0 aliphatic heterocycles. The summed E-state index contributed by atoms with van der Waals surface area (Å²) in [4.78, 5) is 0. The minimum Gasteiger partial charge on any atom is -0.383 e. The van der Waals surface area contributed by atoms with Crippen molar-refractivity contribution in [3.8, 4) is 0 Å². The van der Waals surface area contributed by atoms with Crippen LogP contribution in [0.1, 0.15) is 27.2 Å². The van der Waals surface area contributed by atoms with Crippen LogP contribution in [0.25, 0.3) is 0 Å². The number of anilines is 1. The van der Waals surface area contributed by atoms with E-state index < -0.39 is 0 Å². The van der Waals surface area contributed by atoms with Crippen LogP contribution in [0.2, 0.25) is 5.02 Å². The minimum absolute atomic E-state index is 0.330. The van der Waals surface area contributed by atoms with Crippen LogP contribution in [0, 0.1) is 5.92 Å². The van der Waals surface area contributed by atoms with E-state index >= 15 is 0 Å². The highest BCUT2D eigenvalue weighted by Gasteiger charge is 2.04. The molecule has 1 N–H and O–H groups in total. The minimum atomic E-state index is 0.330. The van der Waals surface area contributed by atoms with Crippen LogP contribution in [0.4, 0.5) is 5.69 Å². The maximum absolute atomic E-state index is 5.89. The van der Waals surface area contributed by atoms with Crippen molar-refractivity contribution in [2.45, 2.75) is 33.3 Å². The predicted molar refractivity (Wildman–Crippen MR) is 74.8 cm³/mol. The number of halogens is 1. The Morgan fingerprint density at radius 1 is 1.29 bits per heavy atom.